The fourth-order valence-electron chi connectivity index (χ4n) is 2.24. The van der Waals surface area contributed by atoms with Crippen molar-refractivity contribution in [2.24, 2.45) is 5.73 Å². The number of thiophene rings is 1. The molecule has 2 aromatic rings. The largest absolute Gasteiger partial charge is 0.493 e. The van der Waals surface area contributed by atoms with Crippen molar-refractivity contribution in [3.8, 4) is 5.75 Å². The third kappa shape index (κ3) is 4.36. The van der Waals surface area contributed by atoms with Gasteiger partial charge in [0.1, 0.15) is 5.75 Å². The van der Waals surface area contributed by atoms with Crippen molar-refractivity contribution in [2.75, 3.05) is 6.61 Å². The molecule has 0 saturated carbocycles. The van der Waals surface area contributed by atoms with E-state index in [0.29, 0.717) is 0 Å². The summed E-state index contributed by atoms with van der Waals surface area (Å²) < 4.78 is 5.78. The van der Waals surface area contributed by atoms with Crippen LogP contribution >= 0.6 is 11.3 Å². The second-order valence-corrected chi connectivity index (χ2v) is 6.00. The molecule has 108 valence electrons. The maximum Gasteiger partial charge on any atom is 0.124 e. The predicted molar refractivity (Wildman–Crippen MR) is 86.4 cm³/mol. The molecule has 2 N–H and O–H groups in total. The third-order valence-corrected chi connectivity index (χ3v) is 4.23. The highest BCUT2D eigenvalue weighted by molar-refractivity contribution is 7.09. The number of aryl methyl sites for hydroxylation is 1. The van der Waals surface area contributed by atoms with Crippen molar-refractivity contribution in [1.29, 1.82) is 0 Å². The molecular weight excluding hydrogens is 266 g/mol. The first-order valence-electron chi connectivity index (χ1n) is 7.31. The van der Waals surface area contributed by atoms with Gasteiger partial charge >= 0.3 is 0 Å². The Balaban J connectivity index is 1.89. The van der Waals surface area contributed by atoms with E-state index in [1.807, 2.05) is 29.5 Å². The lowest BCUT2D eigenvalue weighted by Crippen LogP contribution is -2.12. The molecule has 0 saturated heterocycles. The lowest BCUT2D eigenvalue weighted by Gasteiger charge is -2.16. The van der Waals surface area contributed by atoms with Crippen LogP contribution in [-0.4, -0.2) is 6.61 Å². The van der Waals surface area contributed by atoms with Gasteiger partial charge in [-0.3, -0.25) is 0 Å². The van der Waals surface area contributed by atoms with Crippen molar-refractivity contribution >= 4 is 11.3 Å². The summed E-state index contributed by atoms with van der Waals surface area (Å²) in [6.07, 6.45) is 4.24. The molecule has 2 nitrogen and oxygen atoms in total. The molecular formula is C17H23NOS. The van der Waals surface area contributed by atoms with Crippen LogP contribution in [0.15, 0.2) is 41.8 Å². The Morgan fingerprint density at radius 2 is 2.05 bits per heavy atom. The van der Waals surface area contributed by atoms with Gasteiger partial charge < -0.3 is 10.5 Å². The van der Waals surface area contributed by atoms with Crippen molar-refractivity contribution < 1.29 is 4.74 Å². The van der Waals surface area contributed by atoms with Crippen LogP contribution in [0, 0.1) is 0 Å². The topological polar surface area (TPSA) is 35.2 Å². The lowest BCUT2D eigenvalue weighted by molar-refractivity contribution is 0.311. The fraction of sp³-hybridized carbons (Fsp3) is 0.412. The molecule has 1 unspecified atom stereocenters. The van der Waals surface area contributed by atoms with Gasteiger partial charge in [0.2, 0.25) is 0 Å². The second kappa shape index (κ2) is 8.08. The quantitative estimate of drug-likeness (QED) is 0.773. The Morgan fingerprint density at radius 3 is 2.80 bits per heavy atom. The van der Waals surface area contributed by atoms with E-state index in [1.165, 1.54) is 4.88 Å². The number of nitrogens with two attached hydrogens (primary N) is 1. The number of benzene rings is 1. The number of ether oxygens (including phenoxy) is 1. The SMILES string of the molecule is CCCOc1ccccc1C(N)CCCc1cccs1. The van der Waals surface area contributed by atoms with Gasteiger partial charge in [-0.2, -0.15) is 0 Å². The summed E-state index contributed by atoms with van der Waals surface area (Å²) in [6, 6.07) is 12.5. The number of rotatable bonds is 8. The first-order valence-corrected chi connectivity index (χ1v) is 8.19. The Labute approximate surface area is 125 Å². The summed E-state index contributed by atoms with van der Waals surface area (Å²) in [6.45, 7) is 2.86. The molecule has 0 bridgehead atoms. The summed E-state index contributed by atoms with van der Waals surface area (Å²) in [5.41, 5.74) is 7.46. The van der Waals surface area contributed by atoms with Crippen LogP contribution in [-0.2, 0) is 6.42 Å². The maximum absolute atomic E-state index is 6.33. The molecule has 1 atom stereocenters. The van der Waals surface area contributed by atoms with Crippen LogP contribution < -0.4 is 10.5 Å². The Hall–Kier alpha value is -1.32. The standard InChI is InChI=1S/C17H23NOS/c1-2-12-19-17-11-4-3-9-15(17)16(18)10-5-7-14-8-6-13-20-14/h3-4,6,8-9,11,13,16H,2,5,7,10,12,18H2,1H3. The van der Waals surface area contributed by atoms with Crippen LogP contribution in [0.25, 0.3) is 0 Å². The van der Waals surface area contributed by atoms with E-state index in [2.05, 4.69) is 30.5 Å². The molecule has 0 fully saturated rings. The van der Waals surface area contributed by atoms with Crippen LogP contribution in [0.2, 0.25) is 0 Å². The highest BCUT2D eigenvalue weighted by atomic mass is 32.1. The van der Waals surface area contributed by atoms with Gasteiger partial charge in [-0.1, -0.05) is 31.2 Å². The van der Waals surface area contributed by atoms with Crippen molar-refractivity contribution in [3.63, 3.8) is 0 Å². The van der Waals surface area contributed by atoms with E-state index < -0.39 is 0 Å². The minimum Gasteiger partial charge on any atom is -0.493 e. The van der Waals surface area contributed by atoms with Gasteiger partial charge in [0, 0.05) is 16.5 Å². The van der Waals surface area contributed by atoms with Crippen LogP contribution in [0.3, 0.4) is 0 Å². The van der Waals surface area contributed by atoms with E-state index in [-0.39, 0.29) is 6.04 Å². The average Bonchev–Trinajstić information content (AvgIpc) is 2.98. The van der Waals surface area contributed by atoms with Crippen molar-refractivity contribution in [2.45, 2.75) is 38.6 Å². The Bertz CT molecular complexity index is 495. The summed E-state index contributed by atoms with van der Waals surface area (Å²) in [4.78, 5) is 1.44. The normalized spacial score (nSPS) is 12.3. The zero-order chi connectivity index (χ0) is 14.2. The van der Waals surface area contributed by atoms with Crippen molar-refractivity contribution in [1.82, 2.24) is 0 Å². The molecule has 0 aliphatic carbocycles. The van der Waals surface area contributed by atoms with E-state index in [1.54, 1.807) is 0 Å². The maximum atomic E-state index is 6.33. The summed E-state index contributed by atoms with van der Waals surface area (Å²) in [7, 11) is 0. The molecule has 0 aliphatic rings. The molecule has 0 amide bonds. The van der Waals surface area contributed by atoms with Gasteiger partial charge in [-0.15, -0.1) is 11.3 Å². The second-order valence-electron chi connectivity index (χ2n) is 4.96. The lowest BCUT2D eigenvalue weighted by atomic mass is 10.0. The zero-order valence-corrected chi connectivity index (χ0v) is 12.9. The third-order valence-electron chi connectivity index (χ3n) is 3.30. The molecule has 1 aromatic heterocycles. The molecule has 0 spiro atoms. The minimum absolute atomic E-state index is 0.0584. The fourth-order valence-corrected chi connectivity index (χ4v) is 2.99. The van der Waals surface area contributed by atoms with E-state index in [0.717, 1.165) is 43.6 Å². The molecule has 3 heteroatoms. The van der Waals surface area contributed by atoms with Gasteiger partial charge in [-0.25, -0.2) is 0 Å². The first kappa shape index (κ1) is 15.1. The van der Waals surface area contributed by atoms with Crippen LogP contribution in [0.5, 0.6) is 5.75 Å². The highest BCUT2D eigenvalue weighted by Crippen LogP contribution is 2.27. The molecule has 20 heavy (non-hydrogen) atoms. The summed E-state index contributed by atoms with van der Waals surface area (Å²) >= 11 is 1.82. The number of hydrogen-bond acceptors (Lipinski definition) is 3. The highest BCUT2D eigenvalue weighted by Gasteiger charge is 2.11. The van der Waals surface area contributed by atoms with Gasteiger partial charge in [-0.05, 0) is 43.2 Å². The van der Waals surface area contributed by atoms with Crippen LogP contribution in [0.1, 0.15) is 42.7 Å². The predicted octanol–water partition coefficient (Wildman–Crippen LogP) is 4.56. The zero-order valence-electron chi connectivity index (χ0n) is 12.0. The molecule has 1 aromatic carbocycles. The van der Waals surface area contributed by atoms with Crippen LogP contribution in [0.4, 0.5) is 0 Å². The first-order chi connectivity index (χ1) is 9.81. The van der Waals surface area contributed by atoms with Gasteiger partial charge in [0.25, 0.3) is 0 Å². The minimum atomic E-state index is 0.0584. The van der Waals surface area contributed by atoms with E-state index in [9.17, 15) is 0 Å². The number of hydrogen-bond donors (Lipinski definition) is 1. The van der Waals surface area contributed by atoms with E-state index >= 15 is 0 Å². The van der Waals surface area contributed by atoms with E-state index in [4.69, 9.17) is 10.5 Å². The van der Waals surface area contributed by atoms with Gasteiger partial charge in [0.15, 0.2) is 0 Å². The summed E-state index contributed by atoms with van der Waals surface area (Å²) in [5.74, 6) is 0.943. The molecule has 1 heterocycles. The van der Waals surface area contributed by atoms with Crippen molar-refractivity contribution in [3.05, 3.63) is 52.2 Å². The Kier molecular flexibility index (Phi) is 6.09. The van der Waals surface area contributed by atoms with Gasteiger partial charge in [0.05, 0.1) is 6.61 Å². The summed E-state index contributed by atoms with van der Waals surface area (Å²) in [5, 5.41) is 2.13. The number of para-hydroxylation sites is 1. The molecule has 0 radical (unpaired) electrons. The Morgan fingerprint density at radius 1 is 1.20 bits per heavy atom. The average molecular weight is 289 g/mol. The molecule has 0 aliphatic heterocycles. The monoisotopic (exact) mass is 289 g/mol. The smallest absolute Gasteiger partial charge is 0.124 e. The molecule has 2 rings (SSSR count).